The van der Waals surface area contributed by atoms with Crippen molar-refractivity contribution in [3.05, 3.63) is 23.3 Å². The van der Waals surface area contributed by atoms with Crippen LogP contribution >= 0.6 is 0 Å². The topological polar surface area (TPSA) is 12.0 Å². The van der Waals surface area contributed by atoms with E-state index in [4.69, 9.17) is 0 Å². The van der Waals surface area contributed by atoms with Gasteiger partial charge >= 0.3 is 0 Å². The largest absolute Gasteiger partial charge is 0.314 e. The van der Waals surface area contributed by atoms with E-state index < -0.39 is 0 Å². The lowest BCUT2D eigenvalue weighted by Gasteiger charge is -2.13. The lowest BCUT2D eigenvalue weighted by molar-refractivity contribution is 0.519. The van der Waals surface area contributed by atoms with Crippen LogP contribution in [0.4, 0.5) is 0 Å². The van der Waals surface area contributed by atoms with Crippen molar-refractivity contribution >= 4 is 0 Å². The Kier molecular flexibility index (Phi) is 6.47. The molecule has 1 unspecified atom stereocenters. The van der Waals surface area contributed by atoms with Crippen molar-refractivity contribution in [2.75, 3.05) is 6.54 Å². The molecule has 1 nitrogen and oxygen atoms in total. The predicted molar refractivity (Wildman–Crippen MR) is 72.7 cm³/mol. The van der Waals surface area contributed by atoms with Gasteiger partial charge in [0.1, 0.15) is 0 Å². The summed E-state index contributed by atoms with van der Waals surface area (Å²) in [7, 11) is 0. The number of allylic oxidation sites excluding steroid dienone is 3. The van der Waals surface area contributed by atoms with E-state index in [1.165, 1.54) is 44.1 Å². The first-order valence-electron chi connectivity index (χ1n) is 6.73. The first-order chi connectivity index (χ1) is 7.68. The molecule has 0 saturated heterocycles. The minimum absolute atomic E-state index is 0.651. The maximum absolute atomic E-state index is 3.61. The highest BCUT2D eigenvalue weighted by Gasteiger charge is 2.05. The van der Waals surface area contributed by atoms with Crippen LogP contribution < -0.4 is 5.32 Å². The van der Waals surface area contributed by atoms with Crippen molar-refractivity contribution in [3.8, 4) is 0 Å². The molecule has 1 rings (SSSR count). The number of rotatable bonds is 7. The van der Waals surface area contributed by atoms with Crippen molar-refractivity contribution in [2.45, 2.75) is 65.3 Å². The van der Waals surface area contributed by atoms with Crippen LogP contribution in [0.3, 0.4) is 0 Å². The zero-order chi connectivity index (χ0) is 11.8. The standard InChI is InChI=1S/C15H27N/c1-13(2)7-6-8-14(3)16-12-11-15-9-4-5-10-15/h7,9,14,16H,4-6,8,10-12H2,1-3H3. The van der Waals surface area contributed by atoms with Gasteiger partial charge in [-0.25, -0.2) is 0 Å². The van der Waals surface area contributed by atoms with Crippen LogP contribution in [-0.4, -0.2) is 12.6 Å². The summed E-state index contributed by atoms with van der Waals surface area (Å²) in [6, 6.07) is 0.651. The second-order valence-corrected chi connectivity index (χ2v) is 5.22. The monoisotopic (exact) mass is 221 g/mol. The molecule has 92 valence electrons. The van der Waals surface area contributed by atoms with Crippen LogP contribution in [0, 0.1) is 0 Å². The lowest BCUT2D eigenvalue weighted by atomic mass is 10.1. The first kappa shape index (κ1) is 13.5. The van der Waals surface area contributed by atoms with E-state index in [0.717, 1.165) is 6.54 Å². The average molecular weight is 221 g/mol. The van der Waals surface area contributed by atoms with Crippen LogP contribution in [-0.2, 0) is 0 Å². The molecule has 0 aromatic heterocycles. The van der Waals surface area contributed by atoms with Gasteiger partial charge in [0.05, 0.1) is 0 Å². The molecule has 0 radical (unpaired) electrons. The van der Waals surface area contributed by atoms with Crippen LogP contribution in [0.1, 0.15) is 59.3 Å². The molecular weight excluding hydrogens is 194 g/mol. The molecular formula is C15H27N. The van der Waals surface area contributed by atoms with E-state index in [0.29, 0.717) is 6.04 Å². The van der Waals surface area contributed by atoms with Gasteiger partial charge in [0, 0.05) is 6.04 Å². The molecule has 1 heteroatoms. The maximum Gasteiger partial charge on any atom is 0.00418 e. The van der Waals surface area contributed by atoms with Crippen molar-refractivity contribution in [1.82, 2.24) is 5.32 Å². The minimum Gasteiger partial charge on any atom is -0.314 e. The van der Waals surface area contributed by atoms with Crippen LogP contribution in [0.25, 0.3) is 0 Å². The average Bonchev–Trinajstić information content (AvgIpc) is 2.70. The van der Waals surface area contributed by atoms with E-state index in [9.17, 15) is 0 Å². The summed E-state index contributed by atoms with van der Waals surface area (Å²) in [5.41, 5.74) is 3.10. The third kappa shape index (κ3) is 6.12. The number of hydrogen-bond acceptors (Lipinski definition) is 1. The fourth-order valence-electron chi connectivity index (χ4n) is 2.17. The summed E-state index contributed by atoms with van der Waals surface area (Å²) in [4.78, 5) is 0. The highest BCUT2D eigenvalue weighted by molar-refractivity contribution is 5.07. The van der Waals surface area contributed by atoms with Crippen LogP contribution in [0.15, 0.2) is 23.3 Å². The van der Waals surface area contributed by atoms with Crippen molar-refractivity contribution < 1.29 is 0 Å². The molecule has 1 atom stereocenters. The lowest BCUT2D eigenvalue weighted by Crippen LogP contribution is -2.26. The minimum atomic E-state index is 0.651. The molecule has 0 spiro atoms. The third-order valence-electron chi connectivity index (χ3n) is 3.23. The zero-order valence-electron chi connectivity index (χ0n) is 11.2. The molecule has 0 aromatic carbocycles. The van der Waals surface area contributed by atoms with E-state index in [1.54, 1.807) is 5.57 Å². The fourth-order valence-corrected chi connectivity index (χ4v) is 2.17. The number of nitrogens with one attached hydrogen (secondary N) is 1. The normalized spacial score (nSPS) is 17.1. The molecule has 1 N–H and O–H groups in total. The highest BCUT2D eigenvalue weighted by atomic mass is 14.9. The summed E-state index contributed by atoms with van der Waals surface area (Å²) in [5, 5.41) is 3.61. The van der Waals surface area contributed by atoms with Gasteiger partial charge < -0.3 is 5.32 Å². The van der Waals surface area contributed by atoms with Crippen LogP contribution in [0.5, 0.6) is 0 Å². The molecule has 0 bridgehead atoms. The van der Waals surface area contributed by atoms with E-state index >= 15 is 0 Å². The summed E-state index contributed by atoms with van der Waals surface area (Å²) < 4.78 is 0. The van der Waals surface area contributed by atoms with Crippen molar-refractivity contribution in [1.29, 1.82) is 0 Å². The van der Waals surface area contributed by atoms with Crippen molar-refractivity contribution in [3.63, 3.8) is 0 Å². The summed E-state index contributed by atoms with van der Waals surface area (Å²) >= 11 is 0. The molecule has 0 aromatic rings. The van der Waals surface area contributed by atoms with Gasteiger partial charge in [0.2, 0.25) is 0 Å². The molecule has 0 amide bonds. The Labute approximate surface area is 101 Å². The van der Waals surface area contributed by atoms with Gasteiger partial charge in [0.15, 0.2) is 0 Å². The van der Waals surface area contributed by atoms with Crippen LogP contribution in [0.2, 0.25) is 0 Å². The quantitative estimate of drug-likeness (QED) is 0.635. The van der Waals surface area contributed by atoms with Gasteiger partial charge in [-0.2, -0.15) is 0 Å². The van der Waals surface area contributed by atoms with Crippen molar-refractivity contribution in [2.24, 2.45) is 0 Å². The van der Waals surface area contributed by atoms with Gasteiger partial charge in [-0.05, 0) is 65.8 Å². The Morgan fingerprint density at radius 3 is 2.94 bits per heavy atom. The molecule has 0 aliphatic heterocycles. The van der Waals surface area contributed by atoms with Gasteiger partial charge in [-0.15, -0.1) is 0 Å². The maximum atomic E-state index is 3.61. The fraction of sp³-hybridized carbons (Fsp3) is 0.733. The third-order valence-corrected chi connectivity index (χ3v) is 3.23. The van der Waals surface area contributed by atoms with Gasteiger partial charge in [-0.3, -0.25) is 0 Å². The van der Waals surface area contributed by atoms with E-state index in [1.807, 2.05) is 0 Å². The Bertz CT molecular complexity index is 246. The smallest absolute Gasteiger partial charge is 0.00418 e. The Hall–Kier alpha value is -0.560. The highest BCUT2D eigenvalue weighted by Crippen LogP contribution is 2.19. The summed E-state index contributed by atoms with van der Waals surface area (Å²) in [6.45, 7) is 7.79. The second-order valence-electron chi connectivity index (χ2n) is 5.22. The Morgan fingerprint density at radius 1 is 1.50 bits per heavy atom. The molecule has 0 fully saturated rings. The zero-order valence-corrected chi connectivity index (χ0v) is 11.2. The molecule has 1 aliphatic rings. The Morgan fingerprint density at radius 2 is 2.31 bits per heavy atom. The first-order valence-corrected chi connectivity index (χ1v) is 6.73. The van der Waals surface area contributed by atoms with Gasteiger partial charge in [-0.1, -0.05) is 23.3 Å². The molecule has 0 saturated carbocycles. The van der Waals surface area contributed by atoms with E-state index in [2.05, 4.69) is 38.2 Å². The summed E-state index contributed by atoms with van der Waals surface area (Å²) in [6.07, 6.45) is 12.5. The Balaban J connectivity index is 2.01. The number of hydrogen-bond donors (Lipinski definition) is 1. The van der Waals surface area contributed by atoms with Gasteiger partial charge in [0.25, 0.3) is 0 Å². The summed E-state index contributed by atoms with van der Waals surface area (Å²) in [5.74, 6) is 0. The van der Waals surface area contributed by atoms with E-state index in [-0.39, 0.29) is 0 Å². The molecule has 16 heavy (non-hydrogen) atoms. The molecule has 1 aliphatic carbocycles. The SMILES string of the molecule is CC(C)=CCCC(C)NCCC1=CCCC1. The predicted octanol–water partition coefficient (Wildman–Crippen LogP) is 4.21. The molecule has 0 heterocycles. The second kappa shape index (κ2) is 7.67.